The molecule has 1 atom stereocenters. The van der Waals surface area contributed by atoms with Gasteiger partial charge in [-0.2, -0.15) is 5.10 Å². The van der Waals surface area contributed by atoms with Crippen molar-refractivity contribution in [2.75, 3.05) is 5.32 Å². The number of hydrogen-bond donors (Lipinski definition) is 3. The van der Waals surface area contributed by atoms with Crippen molar-refractivity contribution in [3.05, 3.63) is 65.7 Å². The molecule has 0 unspecified atom stereocenters. The van der Waals surface area contributed by atoms with Gasteiger partial charge < -0.3 is 5.32 Å². The Labute approximate surface area is 153 Å². The molecule has 0 fully saturated rings. The third kappa shape index (κ3) is 4.94. The SMILES string of the molecule is O=C(C[C@@H]1N=C(N/N=C/c2ccccc2)NC1=O)Nc1ccc(F)c(F)c1. The predicted molar refractivity (Wildman–Crippen MR) is 96.1 cm³/mol. The zero-order valence-corrected chi connectivity index (χ0v) is 13.9. The Kier molecular flexibility index (Phi) is 5.50. The van der Waals surface area contributed by atoms with E-state index in [0.29, 0.717) is 0 Å². The molecular weight excluding hydrogens is 356 g/mol. The van der Waals surface area contributed by atoms with E-state index in [2.05, 4.69) is 26.2 Å². The summed E-state index contributed by atoms with van der Waals surface area (Å²) < 4.78 is 26.0. The molecule has 0 aromatic heterocycles. The maximum absolute atomic E-state index is 13.2. The second kappa shape index (κ2) is 8.17. The van der Waals surface area contributed by atoms with E-state index >= 15 is 0 Å². The molecule has 27 heavy (non-hydrogen) atoms. The van der Waals surface area contributed by atoms with Crippen molar-refractivity contribution in [1.29, 1.82) is 0 Å². The van der Waals surface area contributed by atoms with Crippen LogP contribution in [0.4, 0.5) is 14.5 Å². The number of nitrogens with zero attached hydrogens (tertiary/aromatic N) is 2. The number of rotatable bonds is 5. The van der Waals surface area contributed by atoms with E-state index in [1.54, 1.807) is 6.21 Å². The van der Waals surface area contributed by atoms with E-state index in [1.165, 1.54) is 6.07 Å². The molecule has 0 saturated carbocycles. The van der Waals surface area contributed by atoms with Crippen molar-refractivity contribution in [1.82, 2.24) is 10.7 Å². The average Bonchev–Trinajstić information content (AvgIpc) is 2.98. The molecule has 0 aliphatic carbocycles. The summed E-state index contributed by atoms with van der Waals surface area (Å²) in [6.07, 6.45) is 1.30. The van der Waals surface area contributed by atoms with Crippen molar-refractivity contribution >= 4 is 29.7 Å². The second-order valence-electron chi connectivity index (χ2n) is 5.64. The summed E-state index contributed by atoms with van der Waals surface area (Å²) in [6.45, 7) is 0. The van der Waals surface area contributed by atoms with Crippen molar-refractivity contribution in [2.45, 2.75) is 12.5 Å². The van der Waals surface area contributed by atoms with Gasteiger partial charge in [0.05, 0.1) is 12.6 Å². The predicted octanol–water partition coefficient (Wildman–Crippen LogP) is 1.77. The molecule has 2 amide bonds. The molecular formula is C18H15F2N5O2. The van der Waals surface area contributed by atoms with Crippen molar-refractivity contribution < 1.29 is 18.4 Å². The molecule has 0 bridgehead atoms. The Bertz CT molecular complexity index is 915. The minimum atomic E-state index is -1.08. The van der Waals surface area contributed by atoms with Crippen LogP contribution in [-0.2, 0) is 9.59 Å². The highest BCUT2D eigenvalue weighted by molar-refractivity contribution is 6.07. The molecule has 3 rings (SSSR count). The molecule has 3 N–H and O–H groups in total. The van der Waals surface area contributed by atoms with Crippen LogP contribution in [0.15, 0.2) is 58.6 Å². The number of carbonyl (C=O) groups is 2. The first-order chi connectivity index (χ1) is 13.0. The van der Waals surface area contributed by atoms with Gasteiger partial charge in [0, 0.05) is 11.8 Å². The fourth-order valence-electron chi connectivity index (χ4n) is 2.31. The molecule has 0 saturated heterocycles. The van der Waals surface area contributed by atoms with Gasteiger partial charge in [-0.15, -0.1) is 0 Å². The maximum Gasteiger partial charge on any atom is 0.252 e. The topological polar surface area (TPSA) is 94.9 Å². The van der Waals surface area contributed by atoms with Gasteiger partial charge in [0.2, 0.25) is 11.9 Å². The average molecular weight is 371 g/mol. The fourth-order valence-corrected chi connectivity index (χ4v) is 2.31. The maximum atomic E-state index is 13.2. The van der Waals surface area contributed by atoms with E-state index < -0.39 is 29.5 Å². The normalized spacial score (nSPS) is 16.1. The van der Waals surface area contributed by atoms with E-state index in [1.807, 2.05) is 30.3 Å². The lowest BCUT2D eigenvalue weighted by atomic mass is 10.2. The quantitative estimate of drug-likeness (QED) is 0.552. The molecule has 0 radical (unpaired) electrons. The first-order valence-corrected chi connectivity index (χ1v) is 7.99. The van der Waals surface area contributed by atoms with Crippen LogP contribution in [0.3, 0.4) is 0 Å². The Morgan fingerprint density at radius 1 is 1.19 bits per heavy atom. The summed E-state index contributed by atoms with van der Waals surface area (Å²) in [5.74, 6) is -2.99. The highest BCUT2D eigenvalue weighted by atomic mass is 19.2. The summed E-state index contributed by atoms with van der Waals surface area (Å²) in [6, 6.07) is 11.3. The number of hydrazone groups is 1. The van der Waals surface area contributed by atoms with Crippen LogP contribution >= 0.6 is 0 Å². The fraction of sp³-hybridized carbons (Fsp3) is 0.111. The van der Waals surface area contributed by atoms with Gasteiger partial charge in [-0.05, 0) is 17.7 Å². The highest BCUT2D eigenvalue weighted by Crippen LogP contribution is 2.14. The Morgan fingerprint density at radius 2 is 1.96 bits per heavy atom. The zero-order chi connectivity index (χ0) is 19.2. The summed E-state index contributed by atoms with van der Waals surface area (Å²) in [7, 11) is 0. The third-order valence-electron chi connectivity index (χ3n) is 3.59. The van der Waals surface area contributed by atoms with Gasteiger partial charge in [0.25, 0.3) is 5.91 Å². The number of carbonyl (C=O) groups excluding carboxylic acids is 2. The van der Waals surface area contributed by atoms with E-state index in [4.69, 9.17) is 0 Å². The Morgan fingerprint density at radius 3 is 2.70 bits per heavy atom. The van der Waals surface area contributed by atoms with Crippen molar-refractivity contribution in [3.8, 4) is 0 Å². The molecule has 1 aliphatic heterocycles. The van der Waals surface area contributed by atoms with Crippen molar-refractivity contribution in [2.24, 2.45) is 10.1 Å². The lowest BCUT2D eigenvalue weighted by molar-refractivity contribution is -0.123. The second-order valence-corrected chi connectivity index (χ2v) is 5.64. The largest absolute Gasteiger partial charge is 0.326 e. The zero-order valence-electron chi connectivity index (χ0n) is 13.9. The number of nitrogens with one attached hydrogen (secondary N) is 3. The minimum absolute atomic E-state index is 0.0899. The first-order valence-electron chi connectivity index (χ1n) is 7.99. The van der Waals surface area contributed by atoms with Crippen molar-refractivity contribution in [3.63, 3.8) is 0 Å². The molecule has 1 heterocycles. The minimum Gasteiger partial charge on any atom is -0.326 e. The summed E-state index contributed by atoms with van der Waals surface area (Å²) >= 11 is 0. The molecule has 0 spiro atoms. The molecule has 2 aromatic carbocycles. The smallest absolute Gasteiger partial charge is 0.252 e. The Hall–Kier alpha value is -3.62. The van der Waals surface area contributed by atoms with Gasteiger partial charge in [0.1, 0.15) is 6.04 Å². The lowest BCUT2D eigenvalue weighted by Gasteiger charge is -2.07. The number of guanidine groups is 1. The van der Waals surface area contributed by atoms with Crippen LogP contribution in [-0.4, -0.2) is 30.0 Å². The van der Waals surface area contributed by atoms with E-state index in [9.17, 15) is 18.4 Å². The van der Waals surface area contributed by atoms with Crippen LogP contribution in [0.1, 0.15) is 12.0 Å². The number of halogens is 2. The van der Waals surface area contributed by atoms with Crippen LogP contribution in [0, 0.1) is 11.6 Å². The van der Waals surface area contributed by atoms with Gasteiger partial charge in [-0.1, -0.05) is 30.3 Å². The number of benzene rings is 2. The molecule has 2 aromatic rings. The molecule has 138 valence electrons. The lowest BCUT2D eigenvalue weighted by Crippen LogP contribution is -2.35. The number of aliphatic imine (C=N–C) groups is 1. The van der Waals surface area contributed by atoms with Crippen LogP contribution in [0.2, 0.25) is 0 Å². The first kappa shape index (κ1) is 18.2. The standard InChI is InChI=1S/C18H15F2N5O2/c19-13-7-6-12(8-14(13)20)22-16(26)9-15-17(27)24-18(23-15)25-21-10-11-4-2-1-3-5-11/h1-8,10,15H,9H2,(H,22,26)(H2,23,24,25,27)/b21-10+/t15-/m0/s1. The van der Waals surface area contributed by atoms with Crippen LogP contribution < -0.4 is 16.1 Å². The summed E-state index contributed by atoms with van der Waals surface area (Å²) in [4.78, 5) is 27.9. The monoisotopic (exact) mass is 371 g/mol. The summed E-state index contributed by atoms with van der Waals surface area (Å²) in [5, 5.41) is 8.82. The molecule has 7 nitrogen and oxygen atoms in total. The number of amides is 2. The van der Waals surface area contributed by atoms with Gasteiger partial charge in [-0.3, -0.25) is 14.9 Å². The van der Waals surface area contributed by atoms with Gasteiger partial charge in [0.15, 0.2) is 11.6 Å². The van der Waals surface area contributed by atoms with Gasteiger partial charge >= 0.3 is 0 Å². The number of hydrogen-bond acceptors (Lipinski definition) is 5. The van der Waals surface area contributed by atoms with Crippen LogP contribution in [0.5, 0.6) is 0 Å². The summed E-state index contributed by atoms with van der Waals surface area (Å²) in [5.41, 5.74) is 3.54. The Balaban J connectivity index is 1.55. The van der Waals surface area contributed by atoms with E-state index in [-0.39, 0.29) is 18.1 Å². The third-order valence-corrected chi connectivity index (χ3v) is 3.59. The number of anilines is 1. The highest BCUT2D eigenvalue weighted by Gasteiger charge is 2.28. The van der Waals surface area contributed by atoms with Crippen LogP contribution in [0.25, 0.3) is 0 Å². The van der Waals surface area contributed by atoms with Gasteiger partial charge in [-0.25, -0.2) is 19.2 Å². The molecule has 1 aliphatic rings. The molecule has 9 heteroatoms. The van der Waals surface area contributed by atoms with E-state index in [0.717, 1.165) is 17.7 Å².